The summed E-state index contributed by atoms with van der Waals surface area (Å²) in [5, 5.41) is 9.88. The van der Waals surface area contributed by atoms with Crippen LogP contribution in [0.25, 0.3) is 17.2 Å². The molecule has 1 heterocycles. The number of carboxylic acid groups (broad SMARTS) is 1. The van der Waals surface area contributed by atoms with E-state index >= 15 is 0 Å². The van der Waals surface area contributed by atoms with Crippen LogP contribution in [0, 0.1) is 0 Å². The first-order chi connectivity index (χ1) is 16.1. The first-order valence-electron chi connectivity index (χ1n) is 12.2. The lowest BCUT2D eigenvalue weighted by atomic mass is 9.94. The highest BCUT2D eigenvalue weighted by Crippen LogP contribution is 2.42. The van der Waals surface area contributed by atoms with Gasteiger partial charge in [0.15, 0.2) is 11.5 Å². The molecule has 0 bridgehead atoms. The molecular weight excluding hydrogens is 414 g/mol. The van der Waals surface area contributed by atoms with E-state index in [-0.39, 0.29) is 12.4 Å². The van der Waals surface area contributed by atoms with E-state index < -0.39 is 5.97 Å². The molecule has 3 rings (SSSR count). The Balaban J connectivity index is 1.74. The number of fused-ring (bicyclic) bond motifs is 1. The highest BCUT2D eigenvalue weighted by Gasteiger charge is 2.24. The Morgan fingerprint density at radius 1 is 1.00 bits per heavy atom. The SMILES string of the molecule is C=Cc1cccc(-c2cc3c(cc2C(=O)O)OCO3)c1N(C)CCCCCCCCCCC. The molecule has 2 aromatic carbocycles. The molecule has 178 valence electrons. The Kier molecular flexibility index (Phi) is 9.23. The third-order valence-corrected chi connectivity index (χ3v) is 6.30. The molecule has 1 aliphatic heterocycles. The average Bonchev–Trinajstić information content (AvgIpc) is 3.29. The van der Waals surface area contributed by atoms with Gasteiger partial charge in [-0.15, -0.1) is 0 Å². The third kappa shape index (κ3) is 6.31. The van der Waals surface area contributed by atoms with Gasteiger partial charge in [0.05, 0.1) is 11.3 Å². The summed E-state index contributed by atoms with van der Waals surface area (Å²) in [5.74, 6) is 0.0621. The standard InChI is InChI=1S/C28H37NO4/c1-4-6-7-8-9-10-11-12-13-17-29(3)27-21(5-2)15-14-16-22(27)23-18-25-26(33-20-32-25)19-24(23)28(30)31/h5,14-16,18-19H,2,4,6-13,17,20H2,1,3H3,(H,30,31). The Morgan fingerprint density at radius 3 is 2.27 bits per heavy atom. The van der Waals surface area contributed by atoms with Gasteiger partial charge in [-0.25, -0.2) is 4.79 Å². The molecule has 1 aliphatic rings. The lowest BCUT2D eigenvalue weighted by Crippen LogP contribution is -2.20. The Morgan fingerprint density at radius 2 is 1.64 bits per heavy atom. The fourth-order valence-electron chi connectivity index (χ4n) is 4.48. The average molecular weight is 452 g/mol. The molecule has 0 spiro atoms. The lowest BCUT2D eigenvalue weighted by Gasteiger charge is -2.25. The topological polar surface area (TPSA) is 59.0 Å². The summed E-state index contributed by atoms with van der Waals surface area (Å²) in [6, 6.07) is 9.28. The molecule has 0 aliphatic carbocycles. The van der Waals surface area contributed by atoms with E-state index in [9.17, 15) is 9.90 Å². The van der Waals surface area contributed by atoms with Crippen molar-refractivity contribution in [3.8, 4) is 22.6 Å². The third-order valence-electron chi connectivity index (χ3n) is 6.30. The summed E-state index contributed by atoms with van der Waals surface area (Å²) in [6.07, 6.45) is 13.4. The number of para-hydroxylation sites is 1. The summed E-state index contributed by atoms with van der Waals surface area (Å²) >= 11 is 0. The molecule has 0 unspecified atom stereocenters. The van der Waals surface area contributed by atoms with E-state index in [4.69, 9.17) is 9.47 Å². The fraction of sp³-hybridized carbons (Fsp3) is 0.464. The van der Waals surface area contributed by atoms with Crippen molar-refractivity contribution in [2.24, 2.45) is 0 Å². The number of rotatable bonds is 14. The van der Waals surface area contributed by atoms with Crippen molar-refractivity contribution in [3.63, 3.8) is 0 Å². The fourth-order valence-corrected chi connectivity index (χ4v) is 4.48. The van der Waals surface area contributed by atoms with Gasteiger partial charge in [0, 0.05) is 24.7 Å². The van der Waals surface area contributed by atoms with Gasteiger partial charge in [0.25, 0.3) is 0 Å². The Hall–Kier alpha value is -2.95. The van der Waals surface area contributed by atoms with Crippen molar-refractivity contribution < 1.29 is 19.4 Å². The van der Waals surface area contributed by atoms with Crippen molar-refractivity contribution in [2.45, 2.75) is 64.7 Å². The molecule has 0 fully saturated rings. The van der Waals surface area contributed by atoms with Crippen LogP contribution in [-0.4, -0.2) is 31.5 Å². The zero-order chi connectivity index (χ0) is 23.6. The number of nitrogens with zero attached hydrogens (tertiary/aromatic N) is 1. The second-order valence-corrected chi connectivity index (χ2v) is 8.75. The van der Waals surface area contributed by atoms with Crippen LogP contribution in [0.2, 0.25) is 0 Å². The number of hydrogen-bond acceptors (Lipinski definition) is 4. The van der Waals surface area contributed by atoms with Crippen LogP contribution in [0.3, 0.4) is 0 Å². The summed E-state index contributed by atoms with van der Waals surface area (Å²) in [4.78, 5) is 14.3. The molecular formula is C28H37NO4. The lowest BCUT2D eigenvalue weighted by molar-refractivity contribution is 0.0697. The Bertz CT molecular complexity index is 953. The molecule has 5 heteroatoms. The first kappa shape index (κ1) is 24.7. The summed E-state index contributed by atoms with van der Waals surface area (Å²) in [6.45, 7) is 7.25. The van der Waals surface area contributed by atoms with E-state index in [2.05, 4.69) is 25.5 Å². The van der Waals surface area contributed by atoms with Crippen LogP contribution in [0.5, 0.6) is 11.5 Å². The van der Waals surface area contributed by atoms with Gasteiger partial charge in [0.2, 0.25) is 6.79 Å². The normalized spacial score (nSPS) is 12.1. The zero-order valence-corrected chi connectivity index (χ0v) is 20.1. The molecule has 0 saturated carbocycles. The molecule has 0 atom stereocenters. The minimum Gasteiger partial charge on any atom is -0.478 e. The van der Waals surface area contributed by atoms with Crippen LogP contribution in [0.4, 0.5) is 5.69 Å². The van der Waals surface area contributed by atoms with Gasteiger partial charge in [0.1, 0.15) is 0 Å². The van der Waals surface area contributed by atoms with Crippen LogP contribution in [0.1, 0.15) is 80.6 Å². The number of ether oxygens (including phenoxy) is 2. The summed E-state index contributed by atoms with van der Waals surface area (Å²) < 4.78 is 10.9. The van der Waals surface area contributed by atoms with Crippen LogP contribution >= 0.6 is 0 Å². The van der Waals surface area contributed by atoms with Crippen molar-refractivity contribution in [3.05, 3.63) is 48.0 Å². The van der Waals surface area contributed by atoms with E-state index in [0.717, 1.165) is 29.8 Å². The van der Waals surface area contributed by atoms with Crippen LogP contribution in [-0.2, 0) is 0 Å². The number of carbonyl (C=O) groups is 1. The van der Waals surface area contributed by atoms with Gasteiger partial charge < -0.3 is 19.5 Å². The molecule has 33 heavy (non-hydrogen) atoms. The van der Waals surface area contributed by atoms with Crippen LogP contribution < -0.4 is 14.4 Å². The smallest absolute Gasteiger partial charge is 0.336 e. The van der Waals surface area contributed by atoms with Gasteiger partial charge >= 0.3 is 5.97 Å². The molecule has 0 amide bonds. The largest absolute Gasteiger partial charge is 0.478 e. The maximum absolute atomic E-state index is 12.1. The number of hydrogen-bond donors (Lipinski definition) is 1. The zero-order valence-electron chi connectivity index (χ0n) is 20.1. The van der Waals surface area contributed by atoms with Crippen molar-refractivity contribution in [1.82, 2.24) is 0 Å². The summed E-state index contributed by atoms with van der Waals surface area (Å²) in [5.41, 5.74) is 3.68. The minimum absolute atomic E-state index is 0.107. The number of anilines is 1. The highest BCUT2D eigenvalue weighted by molar-refractivity contribution is 6.00. The molecule has 0 aromatic heterocycles. The van der Waals surface area contributed by atoms with Crippen molar-refractivity contribution in [1.29, 1.82) is 0 Å². The number of unbranched alkanes of at least 4 members (excludes halogenated alkanes) is 8. The van der Waals surface area contributed by atoms with Crippen molar-refractivity contribution in [2.75, 3.05) is 25.3 Å². The highest BCUT2D eigenvalue weighted by atomic mass is 16.7. The molecule has 5 nitrogen and oxygen atoms in total. The van der Waals surface area contributed by atoms with E-state index in [0.29, 0.717) is 17.1 Å². The van der Waals surface area contributed by atoms with E-state index in [1.54, 1.807) is 12.1 Å². The Labute approximate surface area is 198 Å². The van der Waals surface area contributed by atoms with Gasteiger partial charge in [-0.05, 0) is 24.1 Å². The van der Waals surface area contributed by atoms with Gasteiger partial charge in [-0.1, -0.05) is 89.1 Å². The van der Waals surface area contributed by atoms with Crippen molar-refractivity contribution >= 4 is 17.7 Å². The number of carboxylic acids is 1. The second kappa shape index (κ2) is 12.3. The maximum Gasteiger partial charge on any atom is 0.336 e. The molecule has 0 radical (unpaired) electrons. The second-order valence-electron chi connectivity index (χ2n) is 8.75. The molecule has 0 saturated heterocycles. The van der Waals surface area contributed by atoms with Gasteiger partial charge in [-0.2, -0.15) is 0 Å². The quantitative estimate of drug-likeness (QED) is 0.303. The minimum atomic E-state index is -0.986. The monoisotopic (exact) mass is 451 g/mol. The number of benzene rings is 2. The van der Waals surface area contributed by atoms with E-state index in [1.165, 1.54) is 51.4 Å². The predicted octanol–water partition coefficient (Wildman–Crippen LogP) is 7.39. The maximum atomic E-state index is 12.1. The number of aromatic carboxylic acids is 1. The predicted molar refractivity (Wildman–Crippen MR) is 136 cm³/mol. The van der Waals surface area contributed by atoms with E-state index in [1.807, 2.05) is 24.3 Å². The van der Waals surface area contributed by atoms with Crippen LogP contribution in [0.15, 0.2) is 36.9 Å². The molecule has 2 aromatic rings. The molecule has 1 N–H and O–H groups in total. The first-order valence-corrected chi connectivity index (χ1v) is 12.2. The summed E-state index contributed by atoms with van der Waals surface area (Å²) in [7, 11) is 2.07. The van der Waals surface area contributed by atoms with Gasteiger partial charge in [-0.3, -0.25) is 0 Å².